The number of benzene rings is 3. The number of esters is 2. The Hall–Kier alpha value is -8.34. The Bertz CT molecular complexity index is 5100. The molecule has 9 atom stereocenters. The molecule has 6 bridgehead atoms. The zero-order valence-electron chi connectivity index (χ0n) is 62.8. The maximum Gasteiger partial charge on any atom is 0.340 e. The van der Waals surface area contributed by atoms with Crippen molar-refractivity contribution in [2.24, 2.45) is 17.8 Å². The van der Waals surface area contributed by atoms with Crippen molar-refractivity contribution in [3.63, 3.8) is 0 Å². The van der Waals surface area contributed by atoms with Crippen molar-refractivity contribution in [1.82, 2.24) is 35.7 Å². The van der Waals surface area contributed by atoms with Crippen LogP contribution in [0.5, 0.6) is 0 Å². The molecule has 9 aromatic rings. The number of fused-ring (bicyclic) bond motifs is 6. The van der Waals surface area contributed by atoms with Crippen molar-refractivity contribution in [1.29, 1.82) is 0 Å². The Morgan fingerprint density at radius 3 is 1.12 bits per heavy atom. The third-order valence-electron chi connectivity index (χ3n) is 21.4. The molecule has 31 heteroatoms. The SMILES string of the molecule is CC(C)(C)OC(=O)c1ccc(Br)nc1.CC(C)(C)OC(=O)c1ccc(N2C(=O)[C@@H]3C[C@H]2C[C@H]3OCc2c(-c3c(Cl)cccc3Cl)noc2C2CC2)nc1.O=C(O)c1ccc(N2C(=O)[C@@H]3C[C@H]2C[C@H]3OCc2c(-c3c(Cl)cccc3Cl)noc2C2CC2)nc1.O=C1N[C@@H]2C[C@@H](OCc3c(-c4c(Cl)cccc4Cl)noc3C3CC3)[C@H]1C2. The number of ether oxygens (including phenoxy) is 5. The number of anilines is 2. The molecule has 0 unspecified atom stereocenters. The molecule has 9 aliphatic rings. The number of carboxylic acids is 1. The van der Waals surface area contributed by atoms with E-state index in [9.17, 15) is 28.8 Å². The first kappa shape index (κ1) is 80.8. The van der Waals surface area contributed by atoms with E-state index in [1.807, 2.05) is 41.5 Å². The second kappa shape index (κ2) is 33.3. The highest BCUT2D eigenvalue weighted by molar-refractivity contribution is 9.10. The van der Waals surface area contributed by atoms with E-state index in [4.69, 9.17) is 112 Å². The summed E-state index contributed by atoms with van der Waals surface area (Å²) >= 11 is 41.8. The van der Waals surface area contributed by atoms with Gasteiger partial charge in [0.1, 0.15) is 61.8 Å². The van der Waals surface area contributed by atoms with Crippen LogP contribution in [0.15, 0.2) is 128 Å². The van der Waals surface area contributed by atoms with E-state index in [0.717, 1.165) is 85.3 Å². The van der Waals surface area contributed by atoms with Crippen molar-refractivity contribution < 1.29 is 71.1 Å². The van der Waals surface area contributed by atoms with Crippen molar-refractivity contribution in [3.05, 3.63) is 195 Å². The molecule has 0 spiro atoms. The number of nitrogens with zero attached hydrogens (tertiary/aromatic N) is 8. The highest BCUT2D eigenvalue weighted by Crippen LogP contribution is 2.52. The summed E-state index contributed by atoms with van der Waals surface area (Å²) < 4.78 is 47.2. The summed E-state index contributed by atoms with van der Waals surface area (Å²) in [7, 11) is 0. The lowest BCUT2D eigenvalue weighted by Crippen LogP contribution is -2.43. The largest absolute Gasteiger partial charge is 0.478 e. The molecular formula is C83H80BrCl6N9O15. The molecule has 6 saturated carbocycles. The standard InChI is InChI=1S/C29H29Cl2N3O5.C25H21Cl2N3O5.C19H18Cl2N2O3.C10H12BrNO2/c1-29(2,3)38-28(36)16-9-10-23(32-13-16)34-17-11-18(27(34)35)22(12-17)37-14-19-25(33-39-26(19)15-7-8-15)24-20(30)5-4-6-21(24)31;26-17-2-1-3-18(27)21(17)22-16(23(35-29-22)12-4-5-12)11-34-19-9-14-8-15(19)24(31)30(14)20-7-6-13(10-28-20)25(32)33;20-13-2-1-3-14(21)16(13)17-12(18(26-23-17)9-4-5-9)8-25-15-7-10-6-11(15)19(24)22-10;1-10(2,3)14-9(13)7-4-5-8(11)12-6-7/h4-6,9-10,13,15,17-18,22H,7-8,11-12,14H2,1-3H3;1-3,6-7,10,12,14-15,19H,4-5,8-9,11H2,(H,32,33);1-3,9-11,15H,4-8H2,(H,22,24);4-6H,1-3H3/t17-,18+,22+;14-,15+,19+;10-,11+,15+;/m000./s1. The van der Waals surface area contributed by atoms with E-state index in [1.54, 1.807) is 94.7 Å². The number of aromatic nitrogens is 6. The molecule has 2 N–H and O–H groups in total. The van der Waals surface area contributed by atoms with E-state index in [1.165, 1.54) is 24.7 Å². The lowest BCUT2D eigenvalue weighted by Gasteiger charge is -2.30. The van der Waals surface area contributed by atoms with Crippen LogP contribution in [0.1, 0.15) is 201 Å². The molecule has 3 aromatic carbocycles. The molecule has 18 rings (SSSR count). The zero-order valence-corrected chi connectivity index (χ0v) is 68.9. The molecule has 3 saturated heterocycles. The van der Waals surface area contributed by atoms with Crippen LogP contribution in [0, 0.1) is 17.8 Å². The van der Waals surface area contributed by atoms with E-state index in [2.05, 4.69) is 51.7 Å². The summed E-state index contributed by atoms with van der Waals surface area (Å²) in [6.45, 7) is 11.8. The van der Waals surface area contributed by atoms with Gasteiger partial charge in [-0.05, 0) is 207 Å². The smallest absolute Gasteiger partial charge is 0.340 e. The molecule has 596 valence electrons. The second-order valence-electron chi connectivity index (χ2n) is 31.9. The van der Waals surface area contributed by atoms with Gasteiger partial charge in [-0.2, -0.15) is 0 Å². The lowest BCUT2D eigenvalue weighted by molar-refractivity contribution is -0.129. The van der Waals surface area contributed by atoms with Crippen molar-refractivity contribution in [2.75, 3.05) is 9.80 Å². The fourth-order valence-corrected chi connectivity index (χ4v) is 17.6. The highest BCUT2D eigenvalue weighted by Gasteiger charge is 2.55. The van der Waals surface area contributed by atoms with E-state index < -0.39 is 23.1 Å². The molecule has 9 heterocycles. The zero-order chi connectivity index (χ0) is 80.3. The van der Waals surface area contributed by atoms with Crippen LogP contribution in [-0.2, 0) is 57.9 Å². The highest BCUT2D eigenvalue weighted by atomic mass is 79.9. The van der Waals surface area contributed by atoms with Gasteiger partial charge in [-0.3, -0.25) is 24.2 Å². The summed E-state index contributed by atoms with van der Waals surface area (Å²) in [5.41, 5.74) is 6.18. The van der Waals surface area contributed by atoms with Gasteiger partial charge in [0.2, 0.25) is 17.7 Å². The predicted octanol–water partition coefficient (Wildman–Crippen LogP) is 19.0. The van der Waals surface area contributed by atoms with Gasteiger partial charge >= 0.3 is 17.9 Å². The average Bonchev–Trinajstić information content (AvgIpc) is 1.61. The molecule has 6 aromatic heterocycles. The average molecular weight is 1740 g/mol. The number of carbonyl (C=O) groups excluding carboxylic acids is 5. The van der Waals surface area contributed by atoms with Crippen LogP contribution in [0.2, 0.25) is 30.1 Å². The molecule has 24 nitrogen and oxygen atoms in total. The topological polar surface area (TPSA) is 304 Å². The lowest BCUT2D eigenvalue weighted by atomic mass is 10.0. The van der Waals surface area contributed by atoms with Gasteiger partial charge in [-0.15, -0.1) is 0 Å². The maximum absolute atomic E-state index is 13.4. The second-order valence-corrected chi connectivity index (χ2v) is 35.2. The predicted molar refractivity (Wildman–Crippen MR) is 428 cm³/mol. The molecule has 114 heavy (non-hydrogen) atoms. The first-order valence-electron chi connectivity index (χ1n) is 37.9. The third kappa shape index (κ3) is 17.7. The number of hydrogen-bond donors (Lipinski definition) is 2. The summed E-state index contributed by atoms with van der Waals surface area (Å²) in [5, 5.41) is 28.0. The number of nitrogens with one attached hydrogen (secondary N) is 1. The molecular weight excluding hydrogens is 1660 g/mol. The van der Waals surface area contributed by atoms with Gasteiger partial charge in [0.25, 0.3) is 0 Å². The van der Waals surface area contributed by atoms with Crippen LogP contribution in [0.4, 0.5) is 11.6 Å². The van der Waals surface area contributed by atoms with E-state index in [-0.39, 0.29) is 96.7 Å². The van der Waals surface area contributed by atoms with Crippen LogP contribution in [-0.4, -0.2) is 119 Å². The van der Waals surface area contributed by atoms with Crippen LogP contribution in [0.3, 0.4) is 0 Å². The maximum atomic E-state index is 13.4. The van der Waals surface area contributed by atoms with Gasteiger partial charge in [0.15, 0.2) is 0 Å². The first-order valence-corrected chi connectivity index (χ1v) is 40.9. The summed E-state index contributed by atoms with van der Waals surface area (Å²) in [5.74, 6) is 2.10. The van der Waals surface area contributed by atoms with Crippen LogP contribution >= 0.6 is 85.5 Å². The first-order chi connectivity index (χ1) is 54.5. The summed E-state index contributed by atoms with van der Waals surface area (Å²) in [4.78, 5) is 89.3. The van der Waals surface area contributed by atoms with Gasteiger partial charge in [0, 0.05) is 87.9 Å². The number of piperidine rings is 3. The van der Waals surface area contributed by atoms with Gasteiger partial charge in [-0.25, -0.2) is 29.3 Å². The Labute approximate surface area is 694 Å². The summed E-state index contributed by atoms with van der Waals surface area (Å²) in [6.07, 6.45) is 14.5. The van der Waals surface area contributed by atoms with Crippen LogP contribution in [0.25, 0.3) is 33.8 Å². The number of hydrogen-bond acceptors (Lipinski definition) is 20. The number of amides is 3. The monoisotopic (exact) mass is 1730 g/mol. The quantitative estimate of drug-likeness (QED) is 0.0529. The van der Waals surface area contributed by atoms with Gasteiger partial charge in [0.05, 0.1) is 103 Å². The van der Waals surface area contributed by atoms with Crippen molar-refractivity contribution in [3.8, 4) is 33.8 Å². The minimum atomic E-state index is -1.05. The number of carboxylic acid groups (broad SMARTS) is 1. The third-order valence-corrected chi connectivity index (χ3v) is 23.8. The van der Waals surface area contributed by atoms with Gasteiger partial charge in [-0.1, -0.05) is 103 Å². The van der Waals surface area contributed by atoms with Crippen LogP contribution < -0.4 is 15.1 Å². The van der Waals surface area contributed by atoms with E-state index >= 15 is 0 Å². The molecule has 9 fully saturated rings. The summed E-state index contributed by atoms with van der Waals surface area (Å²) in [6, 6.07) is 26.0. The number of aromatic carboxylic acids is 1. The molecule has 0 radical (unpaired) electrons. The van der Waals surface area contributed by atoms with Crippen molar-refractivity contribution in [2.45, 2.75) is 204 Å². The minimum absolute atomic E-state index is 0.0177. The fourth-order valence-electron chi connectivity index (χ4n) is 15.7. The number of rotatable bonds is 20. The van der Waals surface area contributed by atoms with Gasteiger partial charge < -0.3 is 47.7 Å². The molecule has 6 aliphatic carbocycles. The Balaban J connectivity index is 0.000000126. The molecule has 3 amide bonds. The Morgan fingerprint density at radius 1 is 0.474 bits per heavy atom. The van der Waals surface area contributed by atoms with E-state index in [0.29, 0.717) is 141 Å². The van der Waals surface area contributed by atoms with Crippen molar-refractivity contribution >= 4 is 133 Å². The molecule has 3 aliphatic heterocycles. The normalized spacial score (nSPS) is 22.4. The minimum Gasteiger partial charge on any atom is -0.478 e. The Kier molecular flexibility index (Phi) is 23.6. The Morgan fingerprint density at radius 2 is 0.825 bits per heavy atom. The number of halogens is 7. The number of pyridine rings is 3. The fraction of sp³-hybridized carbons (Fsp3) is 0.422. The number of carbonyl (C=O) groups is 6.